The van der Waals surface area contributed by atoms with E-state index in [9.17, 15) is 0 Å². The Bertz CT molecular complexity index is 790. The maximum Gasteiger partial charge on any atom is 0.161 e. The first-order valence-electron chi connectivity index (χ1n) is 18.9. The molecular weight excluding hydrogens is 540 g/mol. The fourth-order valence-corrected chi connectivity index (χ4v) is 7.93. The minimum absolute atomic E-state index is 0.0203. The van der Waals surface area contributed by atoms with Crippen LogP contribution in [-0.2, 0) is 0 Å². The van der Waals surface area contributed by atoms with Crippen LogP contribution in [0.1, 0.15) is 186 Å². The second kappa shape index (κ2) is 14.5. The number of unbranched alkanes of at least 4 members (excludes halogenated alkanes) is 7. The molecule has 0 aliphatic carbocycles. The van der Waals surface area contributed by atoms with Crippen molar-refractivity contribution < 1.29 is 0 Å². The molecule has 3 aliphatic rings. The number of nitrogens with zero attached hydrogens (tertiary/aromatic N) is 3. The Hall–Kier alpha value is -0.240. The zero-order valence-corrected chi connectivity index (χ0v) is 32.1. The van der Waals surface area contributed by atoms with Crippen LogP contribution < -0.4 is 16.3 Å². The zero-order chi connectivity index (χ0) is 33.1. The number of hydrogen-bond acceptors (Lipinski definition) is 6. The van der Waals surface area contributed by atoms with Crippen molar-refractivity contribution in [1.82, 2.24) is 31.3 Å². The number of hydrazine groups is 3. The van der Waals surface area contributed by atoms with Gasteiger partial charge in [0, 0.05) is 36.3 Å². The Balaban J connectivity index is 1.99. The lowest BCUT2D eigenvalue weighted by molar-refractivity contribution is -0.182. The van der Waals surface area contributed by atoms with Gasteiger partial charge in [0.2, 0.25) is 0 Å². The summed E-state index contributed by atoms with van der Waals surface area (Å²) in [5, 5.41) is 7.85. The van der Waals surface area contributed by atoms with Gasteiger partial charge in [0.05, 0.1) is 0 Å². The summed E-state index contributed by atoms with van der Waals surface area (Å²) in [6.45, 7) is 35.1. The number of rotatable bonds is 15. The van der Waals surface area contributed by atoms with Crippen LogP contribution in [0.15, 0.2) is 0 Å². The molecule has 0 aromatic heterocycles. The zero-order valence-electron chi connectivity index (χ0n) is 32.1. The normalized spacial score (nSPS) is 26.9. The van der Waals surface area contributed by atoms with E-state index in [-0.39, 0.29) is 32.9 Å². The van der Waals surface area contributed by atoms with Gasteiger partial charge in [-0.2, -0.15) is 0 Å². The van der Waals surface area contributed by atoms with E-state index in [2.05, 4.69) is 121 Å². The highest BCUT2D eigenvalue weighted by molar-refractivity contribution is 5.03. The van der Waals surface area contributed by atoms with E-state index in [1.165, 1.54) is 89.9 Å². The molecule has 0 spiro atoms. The monoisotopic (exact) mass is 619 g/mol. The van der Waals surface area contributed by atoms with Crippen LogP contribution in [0.5, 0.6) is 0 Å². The number of nitrogens with one attached hydrogen (secondary N) is 3. The van der Waals surface area contributed by atoms with Gasteiger partial charge in [0.1, 0.15) is 0 Å². The van der Waals surface area contributed by atoms with Crippen LogP contribution in [0, 0.1) is 16.2 Å². The fraction of sp³-hybridized carbons (Fsp3) is 1.00. The molecule has 0 saturated carbocycles. The van der Waals surface area contributed by atoms with Gasteiger partial charge in [-0.25, -0.2) is 31.3 Å². The highest BCUT2D eigenvalue weighted by Crippen LogP contribution is 2.46. The molecule has 6 heteroatoms. The summed E-state index contributed by atoms with van der Waals surface area (Å²) in [6, 6.07) is 0. The van der Waals surface area contributed by atoms with Crippen LogP contribution >= 0.6 is 0 Å². The van der Waals surface area contributed by atoms with Gasteiger partial charge in [-0.05, 0) is 109 Å². The molecule has 44 heavy (non-hydrogen) atoms. The van der Waals surface area contributed by atoms with Crippen LogP contribution in [0.2, 0.25) is 0 Å². The average molecular weight is 619 g/mol. The minimum Gasteiger partial charge on any atom is -0.236 e. The predicted molar refractivity (Wildman–Crippen MR) is 191 cm³/mol. The first-order valence-corrected chi connectivity index (χ1v) is 18.9. The third kappa shape index (κ3) is 8.24. The summed E-state index contributed by atoms with van der Waals surface area (Å²) in [6.07, 6.45) is 19.2. The average Bonchev–Trinajstić information content (AvgIpc) is 2.90. The Morgan fingerprint density at radius 3 is 1.07 bits per heavy atom. The number of piperidine rings is 3. The lowest BCUT2D eigenvalue weighted by atomic mass is 9.68. The molecule has 0 unspecified atom stereocenters. The second-order valence-corrected chi connectivity index (χ2v) is 18.6. The van der Waals surface area contributed by atoms with Crippen LogP contribution in [-0.4, -0.2) is 57.1 Å². The minimum atomic E-state index is -0.484. The predicted octanol–water partition coefficient (Wildman–Crippen LogP) is 9.39. The molecule has 3 heterocycles. The van der Waals surface area contributed by atoms with Crippen molar-refractivity contribution >= 4 is 0 Å². The van der Waals surface area contributed by atoms with Gasteiger partial charge >= 0.3 is 0 Å². The highest BCUT2D eigenvalue weighted by Gasteiger charge is 2.53. The van der Waals surface area contributed by atoms with Crippen molar-refractivity contribution in [1.29, 1.82) is 0 Å². The summed E-state index contributed by atoms with van der Waals surface area (Å²) in [7, 11) is 0. The first-order chi connectivity index (χ1) is 20.2. The molecule has 0 atom stereocenters. The SMILES string of the molecule is CCCCCCCCCCC(NN1CCCC(C)(C)C1(C)C)(NN1CCCC(C)(C)C1(C)C)NN1CCCC(C)(C)C1(C)C. The molecule has 0 aromatic rings. The van der Waals surface area contributed by atoms with Gasteiger partial charge in [0.25, 0.3) is 0 Å². The molecule has 6 nitrogen and oxygen atoms in total. The van der Waals surface area contributed by atoms with E-state index >= 15 is 0 Å². The number of hydrogen-bond donors (Lipinski definition) is 3. The molecule has 0 bridgehead atoms. The van der Waals surface area contributed by atoms with E-state index in [1.54, 1.807) is 0 Å². The first kappa shape index (κ1) is 38.2. The van der Waals surface area contributed by atoms with E-state index in [0.717, 1.165) is 26.1 Å². The van der Waals surface area contributed by atoms with Crippen molar-refractivity contribution in [3.63, 3.8) is 0 Å². The second-order valence-electron chi connectivity index (χ2n) is 18.6. The molecule has 3 rings (SSSR count). The van der Waals surface area contributed by atoms with Crippen LogP contribution in [0.25, 0.3) is 0 Å². The summed E-state index contributed by atoms with van der Waals surface area (Å²) < 4.78 is 0. The van der Waals surface area contributed by atoms with Crippen LogP contribution in [0.3, 0.4) is 0 Å². The summed E-state index contributed by atoms with van der Waals surface area (Å²) in [5.74, 6) is -0.484. The topological polar surface area (TPSA) is 45.8 Å². The summed E-state index contributed by atoms with van der Waals surface area (Å²) in [5.41, 5.74) is 13.6. The Morgan fingerprint density at radius 2 is 0.750 bits per heavy atom. The molecule has 3 fully saturated rings. The van der Waals surface area contributed by atoms with Gasteiger partial charge < -0.3 is 0 Å². The van der Waals surface area contributed by atoms with Crippen LogP contribution in [0.4, 0.5) is 0 Å². The third-order valence-electron chi connectivity index (χ3n) is 13.9. The molecule has 0 radical (unpaired) electrons. The van der Waals surface area contributed by atoms with E-state index in [1.807, 2.05) is 0 Å². The molecule has 3 saturated heterocycles. The Kier molecular flexibility index (Phi) is 12.6. The van der Waals surface area contributed by atoms with E-state index in [4.69, 9.17) is 0 Å². The van der Waals surface area contributed by atoms with Crippen molar-refractivity contribution in [2.75, 3.05) is 19.6 Å². The van der Waals surface area contributed by atoms with Crippen molar-refractivity contribution in [3.05, 3.63) is 0 Å². The Labute approximate surface area is 275 Å². The van der Waals surface area contributed by atoms with Crippen molar-refractivity contribution in [2.45, 2.75) is 209 Å². The maximum atomic E-state index is 4.29. The fourth-order valence-electron chi connectivity index (χ4n) is 7.93. The molecular formula is C38H78N6. The lowest BCUT2D eigenvalue weighted by Gasteiger charge is -2.61. The maximum absolute atomic E-state index is 4.29. The lowest BCUT2D eigenvalue weighted by Crippen LogP contribution is -2.83. The quantitative estimate of drug-likeness (QED) is 0.126. The van der Waals surface area contributed by atoms with Crippen molar-refractivity contribution in [3.8, 4) is 0 Å². The van der Waals surface area contributed by atoms with Gasteiger partial charge in [0.15, 0.2) is 5.79 Å². The van der Waals surface area contributed by atoms with Gasteiger partial charge in [-0.3, -0.25) is 0 Å². The highest BCUT2D eigenvalue weighted by atomic mass is 15.8. The van der Waals surface area contributed by atoms with Crippen molar-refractivity contribution in [2.24, 2.45) is 16.2 Å². The smallest absolute Gasteiger partial charge is 0.161 e. The molecule has 260 valence electrons. The Morgan fingerprint density at radius 1 is 0.455 bits per heavy atom. The van der Waals surface area contributed by atoms with E-state index < -0.39 is 5.79 Å². The van der Waals surface area contributed by atoms with Gasteiger partial charge in [-0.1, -0.05) is 93.4 Å². The summed E-state index contributed by atoms with van der Waals surface area (Å²) in [4.78, 5) is 0. The largest absolute Gasteiger partial charge is 0.236 e. The molecule has 3 aliphatic heterocycles. The van der Waals surface area contributed by atoms with E-state index in [0.29, 0.717) is 0 Å². The summed E-state index contributed by atoms with van der Waals surface area (Å²) >= 11 is 0. The third-order valence-corrected chi connectivity index (χ3v) is 13.9. The molecule has 0 amide bonds. The molecule has 0 aromatic carbocycles. The standard InChI is InChI=1S/C38H78N6/c1-14-15-16-17-18-19-20-21-28-38(39-42-29-22-25-32(2,3)35(42,8)9,40-43-30-23-26-33(4,5)36(43,10)11)41-44-31-24-27-34(6,7)37(44,12)13/h39-41H,14-31H2,1-13H3. The van der Waals surface area contributed by atoms with Gasteiger partial charge in [-0.15, -0.1) is 0 Å². The molecule has 3 N–H and O–H groups in total.